The van der Waals surface area contributed by atoms with Gasteiger partial charge in [-0.2, -0.15) is 0 Å². The van der Waals surface area contributed by atoms with Crippen LogP contribution >= 0.6 is 0 Å². The number of carbonyl (C=O) groups excluding carboxylic acids is 1. The molecule has 3 N–H and O–H groups in total. The van der Waals surface area contributed by atoms with E-state index in [4.69, 9.17) is 0 Å². The second-order valence-electron chi connectivity index (χ2n) is 5.34. The molecule has 0 fully saturated rings. The summed E-state index contributed by atoms with van der Waals surface area (Å²) in [5, 5.41) is 12.6. The Kier molecular flexibility index (Phi) is 3.84. The van der Waals surface area contributed by atoms with Gasteiger partial charge in [-0.25, -0.2) is 0 Å². The summed E-state index contributed by atoms with van der Waals surface area (Å²) < 4.78 is 0. The number of nitrogens with one attached hydrogen (secondary N) is 2. The van der Waals surface area contributed by atoms with Crippen LogP contribution in [0.4, 0.5) is 0 Å². The summed E-state index contributed by atoms with van der Waals surface area (Å²) in [4.78, 5) is 26.4. The molecule has 0 unspecified atom stereocenters. The van der Waals surface area contributed by atoms with Crippen molar-refractivity contribution in [2.24, 2.45) is 0 Å². The number of H-pyrrole nitrogens is 1. The van der Waals surface area contributed by atoms with Gasteiger partial charge in [0, 0.05) is 16.8 Å². The molecule has 1 aromatic rings. The zero-order chi connectivity index (χ0) is 14.1. The molecule has 0 aliphatic heterocycles. The van der Waals surface area contributed by atoms with Crippen molar-refractivity contribution in [2.45, 2.75) is 46.6 Å². The van der Waals surface area contributed by atoms with Crippen LogP contribution in [0.15, 0.2) is 4.79 Å². The van der Waals surface area contributed by atoms with Crippen LogP contribution in [-0.2, 0) is 6.42 Å². The van der Waals surface area contributed by atoms with Gasteiger partial charge in [0.25, 0.3) is 11.5 Å². The normalized spacial score (nSPS) is 11.4. The third-order valence-electron chi connectivity index (χ3n) is 2.61. The molecule has 1 rings (SSSR count). The molecule has 0 radical (unpaired) electrons. The standard InChI is InChI=1S/C13H20N2O3/c1-6-8-7(2)10(16)9(11(17)14-8)12(18)15-13(3,4)5/h6H2,1-5H3,(H,15,18)(H2,14,16,17). The number of hydrogen-bond acceptors (Lipinski definition) is 3. The van der Waals surface area contributed by atoms with E-state index in [0.29, 0.717) is 17.7 Å². The second-order valence-corrected chi connectivity index (χ2v) is 5.34. The summed E-state index contributed by atoms with van der Waals surface area (Å²) in [6.45, 7) is 8.97. The molecule has 0 saturated heterocycles. The Hall–Kier alpha value is -1.78. The first-order valence-corrected chi connectivity index (χ1v) is 5.94. The average molecular weight is 252 g/mol. The van der Waals surface area contributed by atoms with Gasteiger partial charge in [-0.1, -0.05) is 6.92 Å². The van der Waals surface area contributed by atoms with Gasteiger partial charge in [-0.15, -0.1) is 0 Å². The lowest BCUT2D eigenvalue weighted by atomic mass is 10.1. The number of aromatic hydroxyl groups is 1. The molecule has 1 aromatic heterocycles. The number of pyridine rings is 1. The second kappa shape index (κ2) is 4.84. The van der Waals surface area contributed by atoms with Crippen molar-refractivity contribution in [2.75, 3.05) is 0 Å². The number of aryl methyl sites for hydroxylation is 1. The molecule has 0 aliphatic rings. The van der Waals surface area contributed by atoms with Gasteiger partial charge >= 0.3 is 0 Å². The Morgan fingerprint density at radius 1 is 1.39 bits per heavy atom. The van der Waals surface area contributed by atoms with Crippen molar-refractivity contribution < 1.29 is 9.90 Å². The predicted octanol–water partition coefficient (Wildman–Crippen LogP) is 1.48. The number of aromatic amines is 1. The van der Waals surface area contributed by atoms with Crippen LogP contribution in [0.1, 0.15) is 49.3 Å². The molecule has 1 heterocycles. The summed E-state index contributed by atoms with van der Waals surface area (Å²) in [6.07, 6.45) is 0.593. The number of aromatic nitrogens is 1. The van der Waals surface area contributed by atoms with Crippen molar-refractivity contribution in [3.8, 4) is 5.75 Å². The van der Waals surface area contributed by atoms with Crippen LogP contribution in [-0.4, -0.2) is 21.5 Å². The molecular weight excluding hydrogens is 232 g/mol. The minimum absolute atomic E-state index is 0.223. The van der Waals surface area contributed by atoms with E-state index in [1.165, 1.54) is 0 Å². The van der Waals surface area contributed by atoms with Gasteiger partial charge in [-0.05, 0) is 34.1 Å². The highest BCUT2D eigenvalue weighted by Crippen LogP contribution is 2.21. The molecule has 0 atom stereocenters. The van der Waals surface area contributed by atoms with Crippen molar-refractivity contribution in [3.63, 3.8) is 0 Å². The number of carbonyl (C=O) groups is 1. The van der Waals surface area contributed by atoms with E-state index in [1.807, 2.05) is 27.7 Å². The third-order valence-corrected chi connectivity index (χ3v) is 2.61. The lowest BCUT2D eigenvalue weighted by Gasteiger charge is -2.21. The van der Waals surface area contributed by atoms with Crippen LogP contribution in [0, 0.1) is 6.92 Å². The van der Waals surface area contributed by atoms with Gasteiger partial charge < -0.3 is 15.4 Å². The molecule has 0 aromatic carbocycles. The third kappa shape index (κ3) is 2.91. The van der Waals surface area contributed by atoms with E-state index < -0.39 is 17.0 Å². The Morgan fingerprint density at radius 3 is 2.39 bits per heavy atom. The van der Waals surface area contributed by atoms with Crippen LogP contribution in [0.2, 0.25) is 0 Å². The SMILES string of the molecule is CCc1[nH]c(=O)c(C(=O)NC(C)(C)C)c(O)c1C. The maximum atomic E-state index is 12.0. The van der Waals surface area contributed by atoms with E-state index in [2.05, 4.69) is 10.3 Å². The van der Waals surface area contributed by atoms with E-state index in [1.54, 1.807) is 6.92 Å². The topological polar surface area (TPSA) is 82.2 Å². The Morgan fingerprint density at radius 2 is 1.94 bits per heavy atom. The summed E-state index contributed by atoms with van der Waals surface area (Å²) >= 11 is 0. The van der Waals surface area contributed by atoms with E-state index in [-0.39, 0.29) is 11.3 Å². The molecule has 100 valence electrons. The largest absolute Gasteiger partial charge is 0.507 e. The van der Waals surface area contributed by atoms with E-state index >= 15 is 0 Å². The number of amides is 1. The molecule has 0 spiro atoms. The molecule has 0 bridgehead atoms. The fraction of sp³-hybridized carbons (Fsp3) is 0.538. The summed E-state index contributed by atoms with van der Waals surface area (Å²) in [6, 6.07) is 0. The lowest BCUT2D eigenvalue weighted by molar-refractivity contribution is 0.0915. The maximum absolute atomic E-state index is 12.0. The first-order chi connectivity index (χ1) is 8.17. The van der Waals surface area contributed by atoms with Gasteiger partial charge in [0.2, 0.25) is 0 Å². The zero-order valence-corrected chi connectivity index (χ0v) is 11.5. The van der Waals surface area contributed by atoms with Gasteiger partial charge in [-0.3, -0.25) is 9.59 Å². The monoisotopic (exact) mass is 252 g/mol. The quantitative estimate of drug-likeness (QED) is 0.745. The summed E-state index contributed by atoms with van der Waals surface area (Å²) in [5.41, 5.74) is -0.0647. The van der Waals surface area contributed by atoms with Crippen LogP contribution in [0.25, 0.3) is 0 Å². The zero-order valence-electron chi connectivity index (χ0n) is 11.5. The summed E-state index contributed by atoms with van der Waals surface area (Å²) in [5.74, 6) is -0.802. The fourth-order valence-electron chi connectivity index (χ4n) is 1.70. The minimum atomic E-state index is -0.563. The van der Waals surface area contributed by atoms with Crippen molar-refractivity contribution >= 4 is 5.91 Å². The Balaban J connectivity index is 3.31. The molecule has 1 amide bonds. The van der Waals surface area contributed by atoms with Crippen molar-refractivity contribution in [1.82, 2.24) is 10.3 Å². The van der Waals surface area contributed by atoms with Crippen molar-refractivity contribution in [3.05, 3.63) is 27.2 Å². The lowest BCUT2D eigenvalue weighted by Crippen LogP contribution is -2.42. The highest BCUT2D eigenvalue weighted by Gasteiger charge is 2.23. The summed E-state index contributed by atoms with van der Waals surface area (Å²) in [7, 11) is 0. The molecular formula is C13H20N2O3. The first-order valence-electron chi connectivity index (χ1n) is 5.94. The van der Waals surface area contributed by atoms with Gasteiger partial charge in [0.15, 0.2) is 0 Å². The number of rotatable bonds is 2. The van der Waals surface area contributed by atoms with Crippen LogP contribution < -0.4 is 10.9 Å². The Bertz CT molecular complexity index is 524. The Labute approximate surface area is 106 Å². The van der Waals surface area contributed by atoms with Crippen LogP contribution in [0.5, 0.6) is 5.75 Å². The van der Waals surface area contributed by atoms with Gasteiger partial charge in [0.1, 0.15) is 11.3 Å². The van der Waals surface area contributed by atoms with Gasteiger partial charge in [0.05, 0.1) is 0 Å². The molecule has 5 nitrogen and oxygen atoms in total. The number of hydrogen-bond donors (Lipinski definition) is 3. The average Bonchev–Trinajstić information content (AvgIpc) is 2.20. The molecule has 0 aliphatic carbocycles. The van der Waals surface area contributed by atoms with E-state index in [9.17, 15) is 14.7 Å². The highest BCUT2D eigenvalue weighted by molar-refractivity contribution is 5.97. The van der Waals surface area contributed by atoms with Crippen molar-refractivity contribution in [1.29, 1.82) is 0 Å². The molecule has 5 heteroatoms. The minimum Gasteiger partial charge on any atom is -0.507 e. The molecule has 0 saturated carbocycles. The highest BCUT2D eigenvalue weighted by atomic mass is 16.3. The smallest absolute Gasteiger partial charge is 0.264 e. The first kappa shape index (κ1) is 14.3. The van der Waals surface area contributed by atoms with Crippen LogP contribution in [0.3, 0.4) is 0 Å². The molecule has 18 heavy (non-hydrogen) atoms. The van der Waals surface area contributed by atoms with E-state index in [0.717, 1.165) is 0 Å². The predicted molar refractivity (Wildman–Crippen MR) is 70.1 cm³/mol. The maximum Gasteiger partial charge on any atom is 0.264 e. The fourth-order valence-corrected chi connectivity index (χ4v) is 1.70.